The van der Waals surface area contributed by atoms with E-state index in [0.29, 0.717) is 18.0 Å². The maximum atomic E-state index is 12.2. The molecule has 2 rings (SSSR count). The highest BCUT2D eigenvalue weighted by Crippen LogP contribution is 2.58. The van der Waals surface area contributed by atoms with Crippen molar-refractivity contribution in [2.75, 3.05) is 11.9 Å². The summed E-state index contributed by atoms with van der Waals surface area (Å²) in [7, 11) is 0. The van der Waals surface area contributed by atoms with Crippen LogP contribution >= 0.6 is 0 Å². The number of benzene rings is 1. The number of anilines is 1. The van der Waals surface area contributed by atoms with E-state index in [0.717, 1.165) is 0 Å². The molecule has 2 atom stereocenters. The highest BCUT2D eigenvalue weighted by atomic mass is 16.5. The van der Waals surface area contributed by atoms with E-state index < -0.39 is 23.2 Å². The lowest BCUT2D eigenvalue weighted by atomic mass is 10.1. The third-order valence-corrected chi connectivity index (χ3v) is 3.85. The van der Waals surface area contributed by atoms with Gasteiger partial charge >= 0.3 is 5.97 Å². The van der Waals surface area contributed by atoms with E-state index in [4.69, 9.17) is 9.84 Å². The molecule has 0 aliphatic heterocycles. The first kappa shape index (κ1) is 15.1. The summed E-state index contributed by atoms with van der Waals surface area (Å²) in [5.74, 6) is -1.71. The fourth-order valence-corrected chi connectivity index (χ4v) is 2.63. The Morgan fingerprint density at radius 2 is 2.14 bits per heavy atom. The van der Waals surface area contributed by atoms with Gasteiger partial charge in [0.05, 0.1) is 11.8 Å². The number of carboxylic acid groups (broad SMARTS) is 1. The van der Waals surface area contributed by atoms with Gasteiger partial charge in [0, 0.05) is 11.8 Å². The molecule has 21 heavy (non-hydrogen) atoms. The van der Waals surface area contributed by atoms with Gasteiger partial charge in [-0.05, 0) is 17.5 Å². The minimum absolute atomic E-state index is 0.270. The molecule has 1 aromatic carbocycles. The normalized spacial score (nSPS) is 22.2. The van der Waals surface area contributed by atoms with Crippen LogP contribution < -0.4 is 10.1 Å². The third-order valence-electron chi connectivity index (χ3n) is 3.85. The summed E-state index contributed by atoms with van der Waals surface area (Å²) < 4.78 is 5.39. The number of nitrogens with one attached hydrogen (secondary N) is 1. The lowest BCUT2D eigenvalue weighted by Gasteiger charge is -2.08. The number of ether oxygens (including phenoxy) is 1. The Bertz CT molecular complexity index is 579. The first-order valence-corrected chi connectivity index (χ1v) is 6.75. The summed E-state index contributed by atoms with van der Waals surface area (Å²) in [5.41, 5.74) is 0.0840. The van der Waals surface area contributed by atoms with Gasteiger partial charge in [0.1, 0.15) is 12.4 Å². The van der Waals surface area contributed by atoms with Crippen molar-refractivity contribution in [2.24, 2.45) is 17.3 Å². The molecule has 112 valence electrons. The smallest absolute Gasteiger partial charge is 0.307 e. The Morgan fingerprint density at radius 3 is 2.71 bits per heavy atom. The maximum absolute atomic E-state index is 12.2. The van der Waals surface area contributed by atoms with Crippen molar-refractivity contribution in [3.63, 3.8) is 0 Å². The van der Waals surface area contributed by atoms with Crippen LogP contribution in [0.15, 0.2) is 36.9 Å². The van der Waals surface area contributed by atoms with E-state index in [1.807, 2.05) is 0 Å². The van der Waals surface area contributed by atoms with Crippen molar-refractivity contribution in [3.05, 3.63) is 36.9 Å². The second-order valence-electron chi connectivity index (χ2n) is 5.73. The van der Waals surface area contributed by atoms with Crippen molar-refractivity contribution < 1.29 is 19.4 Å². The number of carbonyl (C=O) groups is 2. The van der Waals surface area contributed by atoms with Crippen molar-refractivity contribution in [1.82, 2.24) is 0 Å². The Kier molecular flexibility index (Phi) is 4.02. The molecule has 1 saturated carbocycles. The van der Waals surface area contributed by atoms with Crippen LogP contribution in [0.4, 0.5) is 5.69 Å². The van der Waals surface area contributed by atoms with Gasteiger partial charge < -0.3 is 15.2 Å². The van der Waals surface area contributed by atoms with Crippen molar-refractivity contribution >= 4 is 17.6 Å². The molecule has 0 aromatic heterocycles. The summed E-state index contributed by atoms with van der Waals surface area (Å²) in [6.07, 6.45) is 1.63. The molecule has 1 aliphatic carbocycles. The standard InChI is InChI=1S/C16H19NO4/c1-4-8-21-11-7-5-6-10(9-11)17-14(18)12-13(15(19)20)16(12,2)3/h4-7,9,12-13H,1,8H2,2-3H3,(H,17,18)(H,19,20)/t12-,13+/m1/s1. The summed E-state index contributed by atoms with van der Waals surface area (Å²) in [5, 5.41) is 11.9. The monoisotopic (exact) mass is 289 g/mol. The Hall–Kier alpha value is -2.30. The SMILES string of the molecule is C=CCOc1cccc(NC(=O)[C@H]2[C@@H](C(=O)O)C2(C)C)c1. The highest BCUT2D eigenvalue weighted by molar-refractivity contribution is 5.99. The lowest BCUT2D eigenvalue weighted by molar-refractivity contribution is -0.140. The van der Waals surface area contributed by atoms with E-state index in [9.17, 15) is 9.59 Å². The molecule has 5 heteroatoms. The Morgan fingerprint density at radius 1 is 1.43 bits per heavy atom. The fourth-order valence-electron chi connectivity index (χ4n) is 2.63. The number of hydrogen-bond acceptors (Lipinski definition) is 3. The number of aliphatic carboxylic acids is 1. The minimum atomic E-state index is -0.928. The van der Waals surface area contributed by atoms with E-state index in [2.05, 4.69) is 11.9 Å². The van der Waals surface area contributed by atoms with E-state index >= 15 is 0 Å². The zero-order chi connectivity index (χ0) is 15.6. The number of rotatable bonds is 6. The summed E-state index contributed by atoms with van der Waals surface area (Å²) in [6, 6.07) is 6.98. The molecule has 0 spiro atoms. The van der Waals surface area contributed by atoms with Crippen LogP contribution in [-0.2, 0) is 9.59 Å². The molecule has 0 radical (unpaired) electrons. The van der Waals surface area contributed by atoms with Crippen molar-refractivity contribution in [2.45, 2.75) is 13.8 Å². The van der Waals surface area contributed by atoms with Crippen LogP contribution in [0.1, 0.15) is 13.8 Å². The summed E-state index contributed by atoms with van der Waals surface area (Å²) in [4.78, 5) is 23.3. The number of hydrogen-bond donors (Lipinski definition) is 2. The van der Waals surface area contributed by atoms with Gasteiger partial charge in [-0.15, -0.1) is 0 Å². The number of amides is 1. The van der Waals surface area contributed by atoms with Gasteiger partial charge in [-0.25, -0.2) is 0 Å². The average molecular weight is 289 g/mol. The quantitative estimate of drug-likeness (QED) is 0.789. The molecule has 1 fully saturated rings. The predicted octanol–water partition coefficient (Wildman–Crippen LogP) is 2.55. The maximum Gasteiger partial charge on any atom is 0.307 e. The second kappa shape index (κ2) is 5.60. The zero-order valence-corrected chi connectivity index (χ0v) is 12.1. The summed E-state index contributed by atoms with van der Waals surface area (Å²) in [6.45, 7) is 7.53. The molecule has 0 saturated heterocycles. The molecule has 0 bridgehead atoms. The molecule has 1 aliphatic rings. The molecule has 1 amide bonds. The van der Waals surface area contributed by atoms with Gasteiger partial charge in [0.25, 0.3) is 0 Å². The zero-order valence-electron chi connectivity index (χ0n) is 12.1. The third kappa shape index (κ3) is 3.07. The van der Waals surface area contributed by atoms with E-state index in [-0.39, 0.29) is 5.91 Å². The van der Waals surface area contributed by atoms with Crippen molar-refractivity contribution in [1.29, 1.82) is 0 Å². The highest BCUT2D eigenvalue weighted by Gasteiger charge is 2.65. The average Bonchev–Trinajstić information content (AvgIpc) is 3.00. The first-order chi connectivity index (χ1) is 9.87. The van der Waals surface area contributed by atoms with Gasteiger partial charge in [-0.1, -0.05) is 32.6 Å². The van der Waals surface area contributed by atoms with Gasteiger partial charge in [0.2, 0.25) is 5.91 Å². The molecule has 5 nitrogen and oxygen atoms in total. The van der Waals surface area contributed by atoms with Crippen LogP contribution in [0.3, 0.4) is 0 Å². The van der Waals surface area contributed by atoms with Crippen LogP contribution in [0, 0.1) is 17.3 Å². The van der Waals surface area contributed by atoms with Crippen LogP contribution in [0.5, 0.6) is 5.75 Å². The topological polar surface area (TPSA) is 75.6 Å². The van der Waals surface area contributed by atoms with Crippen molar-refractivity contribution in [3.8, 4) is 5.75 Å². The Labute approximate surface area is 123 Å². The van der Waals surface area contributed by atoms with Crippen LogP contribution in [0.25, 0.3) is 0 Å². The number of carboxylic acids is 1. The fraction of sp³-hybridized carbons (Fsp3) is 0.375. The van der Waals surface area contributed by atoms with E-state index in [1.165, 1.54) is 0 Å². The van der Waals surface area contributed by atoms with Gasteiger partial charge in [0.15, 0.2) is 0 Å². The van der Waals surface area contributed by atoms with Gasteiger partial charge in [-0.2, -0.15) is 0 Å². The molecular weight excluding hydrogens is 270 g/mol. The van der Waals surface area contributed by atoms with Gasteiger partial charge in [-0.3, -0.25) is 9.59 Å². The van der Waals surface area contributed by atoms with Crippen LogP contribution in [0.2, 0.25) is 0 Å². The predicted molar refractivity (Wildman–Crippen MR) is 79.2 cm³/mol. The molecule has 2 N–H and O–H groups in total. The van der Waals surface area contributed by atoms with E-state index in [1.54, 1.807) is 44.2 Å². The minimum Gasteiger partial charge on any atom is -0.489 e. The first-order valence-electron chi connectivity index (χ1n) is 6.75. The molecule has 1 aromatic rings. The molecule has 0 unspecified atom stereocenters. The number of carbonyl (C=O) groups excluding carboxylic acids is 1. The molecule has 0 heterocycles. The Balaban J connectivity index is 2.04. The largest absolute Gasteiger partial charge is 0.489 e. The summed E-state index contributed by atoms with van der Waals surface area (Å²) >= 11 is 0. The second-order valence-corrected chi connectivity index (χ2v) is 5.73. The van der Waals surface area contributed by atoms with Crippen LogP contribution in [-0.4, -0.2) is 23.6 Å². The lowest BCUT2D eigenvalue weighted by Crippen LogP contribution is -2.17. The molecular formula is C16H19NO4.